The Kier molecular flexibility index (Phi) is 8.06. The van der Waals surface area contributed by atoms with Crippen molar-refractivity contribution in [2.75, 3.05) is 13.1 Å². The minimum Gasteiger partial charge on any atom is -0.481 e. The predicted molar refractivity (Wildman–Crippen MR) is 66.1 cm³/mol. The first-order valence-electron chi connectivity index (χ1n) is 5.96. The van der Waals surface area contributed by atoms with Crippen LogP contribution in [0.2, 0.25) is 0 Å². The van der Waals surface area contributed by atoms with Crippen molar-refractivity contribution in [3.8, 4) is 0 Å². The van der Waals surface area contributed by atoms with Crippen LogP contribution in [0.1, 0.15) is 19.8 Å². The third-order valence-corrected chi connectivity index (χ3v) is 2.42. The topological polar surface area (TPSA) is 139 Å². The number of carboxylic acids is 1. The van der Waals surface area contributed by atoms with Gasteiger partial charge in [-0.25, -0.2) is 0 Å². The predicted octanol–water partition coefficient (Wildman–Crippen LogP) is -1.46. The largest absolute Gasteiger partial charge is 0.481 e. The lowest BCUT2D eigenvalue weighted by molar-refractivity contribution is -0.141. The standard InChI is InChI=1S/C11H18FN3O5/c1-6(4-9(17)18)10(19)15-7(5-13)11(20)14-3-2-8(12)16/h6-7H,2-5,13H2,1H3,(H,14,20)(H,15,19)(H,17,18). The molecule has 2 unspecified atom stereocenters. The summed E-state index contributed by atoms with van der Waals surface area (Å²) in [4.78, 5) is 43.7. The molecule has 0 heterocycles. The van der Waals surface area contributed by atoms with Crippen molar-refractivity contribution in [3.05, 3.63) is 0 Å². The highest BCUT2D eigenvalue weighted by molar-refractivity contribution is 5.90. The van der Waals surface area contributed by atoms with E-state index in [9.17, 15) is 23.6 Å². The maximum atomic E-state index is 11.9. The van der Waals surface area contributed by atoms with Gasteiger partial charge in [0.2, 0.25) is 11.8 Å². The number of carboxylic acid groups (broad SMARTS) is 1. The zero-order valence-electron chi connectivity index (χ0n) is 11.0. The smallest absolute Gasteiger partial charge is 0.304 e. The minimum absolute atomic E-state index is 0.203. The minimum atomic E-state index is -1.56. The fourth-order valence-corrected chi connectivity index (χ4v) is 1.31. The molecule has 114 valence electrons. The van der Waals surface area contributed by atoms with Gasteiger partial charge in [0, 0.05) is 19.0 Å². The van der Waals surface area contributed by atoms with Crippen LogP contribution in [0.25, 0.3) is 0 Å². The van der Waals surface area contributed by atoms with Gasteiger partial charge in [-0.1, -0.05) is 6.92 Å². The highest BCUT2D eigenvalue weighted by Crippen LogP contribution is 2.02. The maximum absolute atomic E-state index is 11.9. The maximum Gasteiger partial charge on any atom is 0.304 e. The van der Waals surface area contributed by atoms with Gasteiger partial charge in [0.15, 0.2) is 0 Å². The van der Waals surface area contributed by atoms with Gasteiger partial charge in [-0.15, -0.1) is 0 Å². The molecule has 0 aliphatic rings. The molecule has 0 aliphatic carbocycles. The van der Waals surface area contributed by atoms with Crippen LogP contribution in [0, 0.1) is 5.92 Å². The molecule has 0 aliphatic heterocycles. The zero-order valence-corrected chi connectivity index (χ0v) is 11.0. The molecule has 0 rings (SSSR count). The first-order valence-corrected chi connectivity index (χ1v) is 5.96. The third kappa shape index (κ3) is 7.41. The van der Waals surface area contributed by atoms with Crippen LogP contribution in [0.15, 0.2) is 0 Å². The molecule has 20 heavy (non-hydrogen) atoms. The number of hydrogen-bond donors (Lipinski definition) is 4. The van der Waals surface area contributed by atoms with Crippen molar-refractivity contribution in [1.29, 1.82) is 0 Å². The molecule has 0 radical (unpaired) electrons. The highest BCUT2D eigenvalue weighted by Gasteiger charge is 2.23. The van der Waals surface area contributed by atoms with Crippen LogP contribution < -0.4 is 16.4 Å². The molecule has 2 atom stereocenters. The Morgan fingerprint density at radius 2 is 1.85 bits per heavy atom. The van der Waals surface area contributed by atoms with E-state index < -0.39 is 42.2 Å². The fourth-order valence-electron chi connectivity index (χ4n) is 1.31. The van der Waals surface area contributed by atoms with Gasteiger partial charge in [0.1, 0.15) is 6.04 Å². The van der Waals surface area contributed by atoms with Crippen LogP contribution in [0.4, 0.5) is 4.39 Å². The molecule has 0 aromatic heterocycles. The Morgan fingerprint density at radius 1 is 1.25 bits per heavy atom. The summed E-state index contributed by atoms with van der Waals surface area (Å²) in [5.41, 5.74) is 5.32. The number of rotatable bonds is 9. The number of carbonyl (C=O) groups is 4. The second kappa shape index (κ2) is 8.97. The number of aliphatic carboxylic acids is 1. The average Bonchev–Trinajstić information content (AvgIpc) is 2.33. The second-order valence-corrected chi connectivity index (χ2v) is 4.19. The molecular weight excluding hydrogens is 273 g/mol. The molecular formula is C11H18FN3O5. The van der Waals surface area contributed by atoms with Crippen molar-refractivity contribution in [2.45, 2.75) is 25.8 Å². The number of amides is 2. The average molecular weight is 291 g/mol. The Labute approximate surface area is 114 Å². The van der Waals surface area contributed by atoms with Gasteiger partial charge in [0.05, 0.1) is 12.8 Å². The van der Waals surface area contributed by atoms with Crippen molar-refractivity contribution >= 4 is 23.8 Å². The normalized spacial score (nSPS) is 13.2. The van der Waals surface area contributed by atoms with Gasteiger partial charge in [-0.3, -0.25) is 19.2 Å². The van der Waals surface area contributed by atoms with Gasteiger partial charge < -0.3 is 21.5 Å². The second-order valence-electron chi connectivity index (χ2n) is 4.19. The molecule has 9 heteroatoms. The summed E-state index contributed by atoms with van der Waals surface area (Å²) in [7, 11) is 0. The molecule has 8 nitrogen and oxygen atoms in total. The lowest BCUT2D eigenvalue weighted by atomic mass is 10.1. The summed E-state index contributed by atoms with van der Waals surface area (Å²) in [6.07, 6.45) is -0.840. The van der Waals surface area contributed by atoms with Crippen molar-refractivity contribution < 1.29 is 28.7 Å². The first-order chi connectivity index (χ1) is 9.27. The Morgan fingerprint density at radius 3 is 2.30 bits per heavy atom. The Balaban J connectivity index is 4.31. The lowest BCUT2D eigenvalue weighted by Gasteiger charge is -2.18. The van der Waals surface area contributed by atoms with Crippen molar-refractivity contribution in [2.24, 2.45) is 11.7 Å². The van der Waals surface area contributed by atoms with E-state index >= 15 is 0 Å². The van der Waals surface area contributed by atoms with Gasteiger partial charge in [0.25, 0.3) is 0 Å². The molecule has 2 amide bonds. The van der Waals surface area contributed by atoms with E-state index in [1.807, 2.05) is 0 Å². The van der Waals surface area contributed by atoms with Gasteiger partial charge >= 0.3 is 12.0 Å². The summed E-state index contributed by atoms with van der Waals surface area (Å²) >= 11 is 0. The summed E-state index contributed by atoms with van der Waals surface area (Å²) in [5, 5.41) is 13.1. The lowest BCUT2D eigenvalue weighted by Crippen LogP contribution is -2.52. The number of nitrogens with two attached hydrogens (primary N) is 1. The van der Waals surface area contributed by atoms with Crippen molar-refractivity contribution in [3.63, 3.8) is 0 Å². The zero-order chi connectivity index (χ0) is 15.7. The van der Waals surface area contributed by atoms with E-state index in [2.05, 4.69) is 10.6 Å². The highest BCUT2D eigenvalue weighted by atomic mass is 19.1. The van der Waals surface area contributed by atoms with Crippen molar-refractivity contribution in [1.82, 2.24) is 10.6 Å². The quantitative estimate of drug-likeness (QED) is 0.383. The fraction of sp³-hybridized carbons (Fsp3) is 0.636. The monoisotopic (exact) mass is 291 g/mol. The summed E-state index contributed by atoms with van der Waals surface area (Å²) in [6.45, 7) is 0.989. The van der Waals surface area contributed by atoms with E-state index in [0.29, 0.717) is 0 Å². The van der Waals surface area contributed by atoms with Crippen LogP contribution in [-0.2, 0) is 19.2 Å². The molecule has 0 aromatic rings. The van der Waals surface area contributed by atoms with E-state index in [-0.39, 0.29) is 19.5 Å². The molecule has 5 N–H and O–H groups in total. The summed E-state index contributed by atoms with van der Waals surface area (Å²) in [5.74, 6) is -3.24. The van der Waals surface area contributed by atoms with Gasteiger partial charge in [-0.05, 0) is 0 Å². The van der Waals surface area contributed by atoms with E-state index in [0.717, 1.165) is 0 Å². The number of carbonyl (C=O) groups excluding carboxylic acids is 3. The molecule has 0 saturated heterocycles. The molecule has 0 bridgehead atoms. The van der Waals surface area contributed by atoms with Crippen LogP contribution >= 0.6 is 0 Å². The van der Waals surface area contributed by atoms with Gasteiger partial charge in [-0.2, -0.15) is 4.39 Å². The molecule has 0 aromatic carbocycles. The Bertz CT molecular complexity index is 388. The molecule has 0 saturated carbocycles. The van der Waals surface area contributed by atoms with E-state index in [4.69, 9.17) is 10.8 Å². The number of halogens is 1. The van der Waals surface area contributed by atoms with Crippen LogP contribution in [-0.4, -0.2) is 48.1 Å². The Hall–Kier alpha value is -2.03. The molecule has 0 fully saturated rings. The number of nitrogens with one attached hydrogen (secondary N) is 2. The summed E-state index contributed by atoms with van der Waals surface area (Å²) in [6, 6.07) is -2.62. The van der Waals surface area contributed by atoms with E-state index in [1.54, 1.807) is 0 Å². The summed E-state index contributed by atoms with van der Waals surface area (Å²) < 4.78 is 11.9. The molecule has 0 spiro atoms. The van der Waals surface area contributed by atoms with E-state index in [1.165, 1.54) is 6.92 Å². The SMILES string of the molecule is CC(CC(=O)O)C(=O)NC(CN)C(=O)NCCC(=O)F. The number of hydrogen-bond acceptors (Lipinski definition) is 5. The first kappa shape index (κ1) is 18.0. The van der Waals surface area contributed by atoms with Crippen LogP contribution in [0.5, 0.6) is 0 Å². The van der Waals surface area contributed by atoms with Crippen LogP contribution in [0.3, 0.4) is 0 Å². The third-order valence-electron chi connectivity index (χ3n) is 2.42.